The first-order valence-electron chi connectivity index (χ1n) is 8.20. The van der Waals surface area contributed by atoms with Crippen LogP contribution in [0.4, 0.5) is 0 Å². The molecule has 0 spiro atoms. The van der Waals surface area contributed by atoms with E-state index in [1.165, 1.54) is 63.1 Å². The lowest BCUT2D eigenvalue weighted by molar-refractivity contribution is 0.238. The van der Waals surface area contributed by atoms with Crippen molar-refractivity contribution in [1.29, 1.82) is 0 Å². The quantitative estimate of drug-likeness (QED) is 0.736. The average Bonchev–Trinajstić information content (AvgIpc) is 3.01. The number of hydrogen-bond donors (Lipinski definition) is 3. The van der Waals surface area contributed by atoms with E-state index in [1.807, 2.05) is 0 Å². The van der Waals surface area contributed by atoms with Crippen LogP contribution in [0.25, 0.3) is 0 Å². The molecule has 2 fully saturated rings. The summed E-state index contributed by atoms with van der Waals surface area (Å²) in [5.74, 6) is 1.18. The van der Waals surface area contributed by atoms with E-state index in [2.05, 4.69) is 40.0 Å². The van der Waals surface area contributed by atoms with Gasteiger partial charge in [0.15, 0.2) is 0 Å². The smallest absolute Gasteiger partial charge is 0.104 e. The molecule has 0 saturated carbocycles. The van der Waals surface area contributed by atoms with Crippen molar-refractivity contribution in [2.75, 3.05) is 19.6 Å². The maximum absolute atomic E-state index is 3.66. The molecule has 3 aliphatic heterocycles. The highest BCUT2D eigenvalue weighted by molar-refractivity contribution is 5.19. The fraction of sp³-hybridized carbons (Fsp3) is 0.750. The highest BCUT2D eigenvalue weighted by Crippen LogP contribution is 2.19. The third kappa shape index (κ3) is 3.36. The molecule has 0 aromatic heterocycles. The minimum atomic E-state index is 0.393. The summed E-state index contributed by atoms with van der Waals surface area (Å²) in [6.45, 7) is 5.84. The zero-order valence-electron chi connectivity index (χ0n) is 12.6. The molecule has 0 aromatic carbocycles. The Labute approximate surface area is 122 Å². The lowest BCUT2D eigenvalue weighted by Crippen LogP contribution is -2.49. The second-order valence-corrected chi connectivity index (χ2v) is 6.32. The molecule has 0 aromatic rings. The summed E-state index contributed by atoms with van der Waals surface area (Å²) in [5.41, 5.74) is 1.39. The Morgan fingerprint density at radius 3 is 2.85 bits per heavy atom. The molecule has 3 aliphatic rings. The number of rotatable bonds is 3. The van der Waals surface area contributed by atoms with Gasteiger partial charge in [-0.1, -0.05) is 6.42 Å². The monoisotopic (exact) mass is 276 g/mol. The van der Waals surface area contributed by atoms with Gasteiger partial charge in [-0.3, -0.25) is 4.90 Å². The molecule has 112 valence electrons. The van der Waals surface area contributed by atoms with Crippen molar-refractivity contribution in [3.8, 4) is 0 Å². The molecule has 0 radical (unpaired) electrons. The minimum absolute atomic E-state index is 0.393. The largest absolute Gasteiger partial charge is 0.353 e. The van der Waals surface area contributed by atoms with Crippen LogP contribution in [0, 0.1) is 0 Å². The second kappa shape index (κ2) is 6.64. The van der Waals surface area contributed by atoms with Crippen LogP contribution < -0.4 is 16.0 Å². The van der Waals surface area contributed by atoms with E-state index in [1.54, 1.807) is 0 Å². The van der Waals surface area contributed by atoms with E-state index in [0.717, 1.165) is 6.42 Å². The predicted octanol–water partition coefficient (Wildman–Crippen LogP) is 1.88. The first kappa shape index (κ1) is 14.0. The maximum atomic E-state index is 3.66. The summed E-state index contributed by atoms with van der Waals surface area (Å²) in [4.78, 5) is 2.55. The van der Waals surface area contributed by atoms with E-state index < -0.39 is 0 Å². The van der Waals surface area contributed by atoms with Crippen molar-refractivity contribution in [1.82, 2.24) is 20.9 Å². The SMILES string of the molecule is CC1=CN/C(=C\C[C@@H]2CCCCN2)NC1N1CCCC1. The van der Waals surface area contributed by atoms with E-state index in [9.17, 15) is 0 Å². The van der Waals surface area contributed by atoms with Crippen molar-refractivity contribution >= 4 is 0 Å². The van der Waals surface area contributed by atoms with Gasteiger partial charge in [0.2, 0.25) is 0 Å². The first-order valence-corrected chi connectivity index (χ1v) is 8.20. The third-order valence-electron chi connectivity index (χ3n) is 4.70. The molecular weight excluding hydrogens is 248 g/mol. The fourth-order valence-electron chi connectivity index (χ4n) is 3.46. The third-order valence-corrected chi connectivity index (χ3v) is 4.70. The average molecular weight is 276 g/mol. The summed E-state index contributed by atoms with van der Waals surface area (Å²) in [6, 6.07) is 0.664. The van der Waals surface area contributed by atoms with Gasteiger partial charge in [-0.05, 0) is 57.2 Å². The van der Waals surface area contributed by atoms with Gasteiger partial charge in [0.25, 0.3) is 0 Å². The summed E-state index contributed by atoms with van der Waals surface area (Å²) in [5, 5.41) is 10.7. The standard InChI is InChI=1S/C16H28N4/c1-13-12-18-15(8-7-14-6-2-3-9-17-14)19-16(13)20-10-4-5-11-20/h8,12,14,16-19H,2-7,9-11H2,1H3/b15-8+/t14-,16?/m0/s1. The molecule has 4 nitrogen and oxygen atoms in total. The molecule has 3 heterocycles. The van der Waals surface area contributed by atoms with E-state index in [0.29, 0.717) is 12.2 Å². The zero-order valence-corrected chi connectivity index (χ0v) is 12.6. The molecule has 2 saturated heterocycles. The lowest BCUT2D eigenvalue weighted by atomic mass is 10.0. The predicted molar refractivity (Wildman–Crippen MR) is 83.0 cm³/mol. The van der Waals surface area contributed by atoms with Crippen LogP contribution >= 0.6 is 0 Å². The molecule has 3 N–H and O–H groups in total. The van der Waals surface area contributed by atoms with Crippen LogP contribution in [-0.2, 0) is 0 Å². The van der Waals surface area contributed by atoms with Gasteiger partial charge in [0.1, 0.15) is 12.0 Å². The van der Waals surface area contributed by atoms with Crippen molar-refractivity contribution < 1.29 is 0 Å². The Bertz CT molecular complexity index is 376. The Morgan fingerprint density at radius 1 is 1.25 bits per heavy atom. The van der Waals surface area contributed by atoms with E-state index >= 15 is 0 Å². The van der Waals surface area contributed by atoms with Gasteiger partial charge >= 0.3 is 0 Å². The Balaban J connectivity index is 1.57. The topological polar surface area (TPSA) is 39.3 Å². The Kier molecular flexibility index (Phi) is 4.63. The summed E-state index contributed by atoms with van der Waals surface area (Å²) in [6.07, 6.45) is 12.7. The first-order chi connectivity index (χ1) is 9.83. The highest BCUT2D eigenvalue weighted by atomic mass is 15.3. The zero-order chi connectivity index (χ0) is 13.8. The molecular formula is C16H28N4. The van der Waals surface area contributed by atoms with Crippen LogP contribution in [-0.4, -0.2) is 36.7 Å². The minimum Gasteiger partial charge on any atom is -0.353 e. The van der Waals surface area contributed by atoms with Crippen molar-refractivity contribution in [3.63, 3.8) is 0 Å². The van der Waals surface area contributed by atoms with Crippen molar-refractivity contribution in [3.05, 3.63) is 23.7 Å². The van der Waals surface area contributed by atoms with Gasteiger partial charge in [0.05, 0.1) is 0 Å². The molecule has 1 unspecified atom stereocenters. The summed E-state index contributed by atoms with van der Waals surface area (Å²) >= 11 is 0. The van der Waals surface area contributed by atoms with Crippen molar-refractivity contribution in [2.24, 2.45) is 0 Å². The maximum Gasteiger partial charge on any atom is 0.104 e. The van der Waals surface area contributed by atoms with Crippen LogP contribution in [0.1, 0.15) is 45.4 Å². The lowest BCUT2D eigenvalue weighted by Gasteiger charge is -2.34. The molecule has 0 bridgehead atoms. The van der Waals surface area contributed by atoms with Gasteiger partial charge in [-0.15, -0.1) is 0 Å². The molecule has 2 atom stereocenters. The van der Waals surface area contributed by atoms with Crippen LogP contribution in [0.3, 0.4) is 0 Å². The van der Waals surface area contributed by atoms with Crippen LogP contribution in [0.2, 0.25) is 0 Å². The summed E-state index contributed by atoms with van der Waals surface area (Å²) < 4.78 is 0. The molecule has 20 heavy (non-hydrogen) atoms. The number of nitrogens with one attached hydrogen (secondary N) is 3. The number of nitrogens with zero attached hydrogens (tertiary/aromatic N) is 1. The number of likely N-dealkylation sites (tertiary alicyclic amines) is 1. The van der Waals surface area contributed by atoms with Gasteiger partial charge in [-0.25, -0.2) is 0 Å². The molecule has 0 aliphatic carbocycles. The summed E-state index contributed by atoms with van der Waals surface area (Å²) in [7, 11) is 0. The van der Waals surface area contributed by atoms with Gasteiger partial charge in [0, 0.05) is 25.3 Å². The molecule has 4 heteroatoms. The number of hydrogen-bond acceptors (Lipinski definition) is 4. The molecule has 3 rings (SSSR count). The van der Waals surface area contributed by atoms with Gasteiger partial charge in [-0.2, -0.15) is 0 Å². The van der Waals surface area contributed by atoms with Crippen LogP contribution in [0.15, 0.2) is 23.7 Å². The highest BCUT2D eigenvalue weighted by Gasteiger charge is 2.25. The molecule has 0 amide bonds. The van der Waals surface area contributed by atoms with Crippen molar-refractivity contribution in [2.45, 2.75) is 57.7 Å². The second-order valence-electron chi connectivity index (χ2n) is 6.32. The normalized spacial score (nSPS) is 33.6. The van der Waals surface area contributed by atoms with E-state index in [4.69, 9.17) is 0 Å². The Morgan fingerprint density at radius 2 is 2.10 bits per heavy atom. The van der Waals surface area contributed by atoms with Crippen LogP contribution in [0.5, 0.6) is 0 Å². The van der Waals surface area contributed by atoms with Gasteiger partial charge < -0.3 is 16.0 Å². The van der Waals surface area contributed by atoms with E-state index in [-0.39, 0.29) is 0 Å². The fourth-order valence-corrected chi connectivity index (χ4v) is 3.46. The number of piperidine rings is 1. The Hall–Kier alpha value is -1.00.